The highest BCUT2D eigenvalue weighted by atomic mass is 35.5. The van der Waals surface area contributed by atoms with Crippen LogP contribution in [0.3, 0.4) is 0 Å². The SMILES string of the molecule is CC[C@H]1CCc2c(sc(NC(=O)c3cc(-c4ccccc4)nc4ccc(Cl)cc34)c2C(N)=O)C1. The second-order valence-corrected chi connectivity index (χ2v) is 10.2. The van der Waals surface area contributed by atoms with Crippen molar-refractivity contribution in [3.63, 3.8) is 0 Å². The number of benzene rings is 2. The molecule has 4 aromatic rings. The standard InChI is InChI=1S/C27H24ClN3O2S/c1-2-15-8-10-18-23(12-15)34-27(24(18)25(29)32)31-26(33)20-14-22(16-6-4-3-5-7-16)30-21-11-9-17(28)13-19(20)21/h3-7,9,11,13-15H,2,8,10,12H2,1H3,(H2,29,32)(H,31,33)/t15-/m0/s1. The van der Waals surface area contributed by atoms with Crippen LogP contribution in [0.2, 0.25) is 5.02 Å². The molecule has 2 aromatic carbocycles. The number of aromatic nitrogens is 1. The van der Waals surface area contributed by atoms with Gasteiger partial charge in [-0.05, 0) is 55.0 Å². The number of carbonyl (C=O) groups is 2. The smallest absolute Gasteiger partial charge is 0.257 e. The minimum atomic E-state index is -0.504. The quantitative estimate of drug-likeness (QED) is 0.336. The molecule has 0 unspecified atom stereocenters. The Morgan fingerprint density at radius 2 is 1.97 bits per heavy atom. The van der Waals surface area contributed by atoms with Crippen LogP contribution in [0.25, 0.3) is 22.2 Å². The maximum atomic E-state index is 13.6. The van der Waals surface area contributed by atoms with E-state index in [-0.39, 0.29) is 5.91 Å². The average molecular weight is 490 g/mol. The van der Waals surface area contributed by atoms with E-state index >= 15 is 0 Å². The molecule has 3 N–H and O–H groups in total. The zero-order valence-electron chi connectivity index (χ0n) is 18.7. The fourth-order valence-electron chi connectivity index (χ4n) is 4.66. The molecule has 0 fully saturated rings. The molecule has 34 heavy (non-hydrogen) atoms. The number of nitrogens with two attached hydrogens (primary N) is 1. The number of thiophene rings is 1. The molecule has 1 atom stereocenters. The number of nitrogens with zero attached hydrogens (tertiary/aromatic N) is 1. The first-order valence-electron chi connectivity index (χ1n) is 11.4. The van der Waals surface area contributed by atoms with Crippen molar-refractivity contribution < 1.29 is 9.59 Å². The van der Waals surface area contributed by atoms with Crippen molar-refractivity contribution in [2.75, 3.05) is 5.32 Å². The Labute approximate surface area is 207 Å². The van der Waals surface area contributed by atoms with Crippen molar-refractivity contribution in [1.82, 2.24) is 4.98 Å². The predicted octanol–water partition coefficient (Wildman–Crippen LogP) is 6.48. The van der Waals surface area contributed by atoms with Crippen molar-refractivity contribution in [2.45, 2.75) is 32.6 Å². The van der Waals surface area contributed by atoms with E-state index in [1.54, 1.807) is 18.2 Å². The Morgan fingerprint density at radius 1 is 1.18 bits per heavy atom. The van der Waals surface area contributed by atoms with E-state index in [1.165, 1.54) is 11.3 Å². The van der Waals surface area contributed by atoms with Crippen LogP contribution in [0, 0.1) is 5.92 Å². The van der Waals surface area contributed by atoms with E-state index in [2.05, 4.69) is 12.2 Å². The first kappa shape index (κ1) is 22.6. The van der Waals surface area contributed by atoms with Gasteiger partial charge in [0.2, 0.25) is 0 Å². The number of hydrogen-bond donors (Lipinski definition) is 2. The number of nitrogens with one attached hydrogen (secondary N) is 1. The number of primary amides is 1. The summed E-state index contributed by atoms with van der Waals surface area (Å²) in [5, 5.41) is 4.69. The maximum absolute atomic E-state index is 13.6. The van der Waals surface area contributed by atoms with Crippen LogP contribution in [-0.2, 0) is 12.8 Å². The normalized spacial score (nSPS) is 15.2. The summed E-state index contributed by atoms with van der Waals surface area (Å²) >= 11 is 7.72. The van der Waals surface area contributed by atoms with Gasteiger partial charge in [-0.3, -0.25) is 9.59 Å². The Bertz CT molecular complexity index is 1410. The van der Waals surface area contributed by atoms with Crippen molar-refractivity contribution in [3.05, 3.63) is 81.2 Å². The molecule has 1 aliphatic rings. The summed E-state index contributed by atoms with van der Waals surface area (Å²) in [5.74, 6) is -0.231. The minimum Gasteiger partial charge on any atom is -0.365 e. The molecule has 2 amide bonds. The summed E-state index contributed by atoms with van der Waals surface area (Å²) in [6.07, 6.45) is 3.85. The molecule has 172 valence electrons. The Kier molecular flexibility index (Phi) is 6.11. The lowest BCUT2D eigenvalue weighted by atomic mass is 9.85. The highest BCUT2D eigenvalue weighted by molar-refractivity contribution is 7.17. The second kappa shape index (κ2) is 9.20. The summed E-state index contributed by atoms with van der Waals surface area (Å²) in [7, 11) is 0. The van der Waals surface area contributed by atoms with Gasteiger partial charge in [-0.15, -0.1) is 11.3 Å². The molecule has 0 radical (unpaired) electrons. The van der Waals surface area contributed by atoms with Crippen LogP contribution in [0.4, 0.5) is 5.00 Å². The summed E-state index contributed by atoms with van der Waals surface area (Å²) < 4.78 is 0. The lowest BCUT2D eigenvalue weighted by Crippen LogP contribution is -2.20. The monoisotopic (exact) mass is 489 g/mol. The van der Waals surface area contributed by atoms with E-state index < -0.39 is 5.91 Å². The fraction of sp³-hybridized carbons (Fsp3) is 0.222. The van der Waals surface area contributed by atoms with Crippen LogP contribution in [-0.4, -0.2) is 16.8 Å². The third-order valence-corrected chi connectivity index (χ3v) is 7.91. The van der Waals surface area contributed by atoms with Gasteiger partial charge in [-0.1, -0.05) is 55.3 Å². The zero-order valence-corrected chi connectivity index (χ0v) is 20.3. The second-order valence-electron chi connectivity index (χ2n) is 8.63. The van der Waals surface area contributed by atoms with E-state index in [4.69, 9.17) is 22.3 Å². The molecule has 7 heteroatoms. The Hall–Kier alpha value is -3.22. The predicted molar refractivity (Wildman–Crippen MR) is 139 cm³/mol. The summed E-state index contributed by atoms with van der Waals surface area (Å²) in [6.45, 7) is 2.19. The molecule has 0 saturated heterocycles. The lowest BCUT2D eigenvalue weighted by molar-refractivity contribution is 0.1000. The molecule has 1 aliphatic carbocycles. The van der Waals surface area contributed by atoms with Gasteiger partial charge in [-0.25, -0.2) is 4.98 Å². The Morgan fingerprint density at radius 3 is 2.71 bits per heavy atom. The number of pyridine rings is 1. The van der Waals surface area contributed by atoms with Crippen LogP contribution in [0.5, 0.6) is 0 Å². The van der Waals surface area contributed by atoms with Gasteiger partial charge in [0.05, 0.1) is 22.3 Å². The third kappa shape index (κ3) is 4.19. The molecule has 5 rings (SSSR count). The average Bonchev–Trinajstić information content (AvgIpc) is 3.20. The summed E-state index contributed by atoms with van der Waals surface area (Å²) in [6, 6.07) is 16.8. The maximum Gasteiger partial charge on any atom is 0.257 e. The summed E-state index contributed by atoms with van der Waals surface area (Å²) in [4.78, 5) is 31.9. The molecule has 2 aromatic heterocycles. The van der Waals surface area contributed by atoms with E-state index in [0.29, 0.717) is 43.7 Å². The van der Waals surface area contributed by atoms with Gasteiger partial charge < -0.3 is 11.1 Å². The summed E-state index contributed by atoms with van der Waals surface area (Å²) in [5.41, 5.74) is 9.91. The first-order valence-corrected chi connectivity index (χ1v) is 12.6. The first-order chi connectivity index (χ1) is 16.4. The Balaban J connectivity index is 1.59. The van der Waals surface area contributed by atoms with Gasteiger partial charge in [0, 0.05) is 20.8 Å². The minimum absolute atomic E-state index is 0.319. The molecular formula is C27H24ClN3O2S. The molecule has 0 bridgehead atoms. The van der Waals surface area contributed by atoms with Crippen LogP contribution in [0.15, 0.2) is 54.6 Å². The van der Waals surface area contributed by atoms with E-state index in [0.717, 1.165) is 41.7 Å². The van der Waals surface area contributed by atoms with Crippen molar-refractivity contribution in [2.24, 2.45) is 11.7 Å². The molecule has 0 aliphatic heterocycles. The number of hydrogen-bond acceptors (Lipinski definition) is 4. The van der Waals surface area contributed by atoms with Gasteiger partial charge >= 0.3 is 0 Å². The van der Waals surface area contributed by atoms with Crippen molar-refractivity contribution in [3.8, 4) is 11.3 Å². The van der Waals surface area contributed by atoms with Gasteiger partial charge in [0.25, 0.3) is 11.8 Å². The topological polar surface area (TPSA) is 85.1 Å². The number of amides is 2. The molecular weight excluding hydrogens is 466 g/mol. The lowest BCUT2D eigenvalue weighted by Gasteiger charge is -2.20. The van der Waals surface area contributed by atoms with Crippen LogP contribution in [0.1, 0.15) is 50.9 Å². The van der Waals surface area contributed by atoms with Gasteiger partial charge in [0.1, 0.15) is 5.00 Å². The van der Waals surface area contributed by atoms with Crippen molar-refractivity contribution in [1.29, 1.82) is 0 Å². The van der Waals surface area contributed by atoms with Gasteiger partial charge in [-0.2, -0.15) is 0 Å². The highest BCUT2D eigenvalue weighted by Crippen LogP contribution is 2.40. The largest absolute Gasteiger partial charge is 0.365 e. The molecule has 0 spiro atoms. The van der Waals surface area contributed by atoms with E-state index in [9.17, 15) is 9.59 Å². The molecule has 5 nitrogen and oxygen atoms in total. The fourth-order valence-corrected chi connectivity index (χ4v) is 6.20. The van der Waals surface area contributed by atoms with Gasteiger partial charge in [0.15, 0.2) is 0 Å². The number of rotatable bonds is 5. The zero-order chi connectivity index (χ0) is 23.8. The van der Waals surface area contributed by atoms with Crippen molar-refractivity contribution >= 4 is 50.7 Å². The number of halogens is 1. The number of carbonyl (C=O) groups excluding carboxylic acids is 2. The molecule has 2 heterocycles. The number of anilines is 1. The van der Waals surface area contributed by atoms with Crippen LogP contribution >= 0.6 is 22.9 Å². The van der Waals surface area contributed by atoms with Crippen LogP contribution < -0.4 is 11.1 Å². The number of fused-ring (bicyclic) bond motifs is 2. The highest BCUT2D eigenvalue weighted by Gasteiger charge is 2.28. The van der Waals surface area contributed by atoms with E-state index in [1.807, 2.05) is 36.4 Å². The molecule has 0 saturated carbocycles. The third-order valence-electron chi connectivity index (χ3n) is 6.50.